The molecular weight excluding hydrogens is 260 g/mol. The molecule has 0 fully saturated rings. The Kier molecular flexibility index (Phi) is 3.71. The van der Waals surface area contributed by atoms with Gasteiger partial charge in [0.15, 0.2) is 0 Å². The monoisotopic (exact) mass is 280 g/mol. The van der Waals surface area contributed by atoms with Crippen LogP contribution in [0.1, 0.15) is 24.4 Å². The Morgan fingerprint density at radius 2 is 1.90 bits per heavy atom. The Balaban J connectivity index is 1.89. The van der Waals surface area contributed by atoms with E-state index in [2.05, 4.69) is 71.5 Å². The first-order chi connectivity index (χ1) is 10.2. The van der Waals surface area contributed by atoms with E-state index in [1.54, 1.807) is 6.33 Å². The summed E-state index contributed by atoms with van der Waals surface area (Å²) in [7, 11) is 4.10. The highest BCUT2D eigenvalue weighted by molar-refractivity contribution is 5.86. The number of hydrogen-bond donors (Lipinski definition) is 0. The average Bonchev–Trinajstić information content (AvgIpc) is 2.91. The Bertz CT molecular complexity index is 742. The highest BCUT2D eigenvalue weighted by Gasteiger charge is 2.16. The standard InChI is InChI=1S/C17H20N4/c1-13(20(2)11-17-19-18-12-21(17)3)15-10-6-8-14-7-4-5-9-16(14)15/h4-10,12-13H,11H2,1-3H3/t13-/m0/s1. The molecule has 0 unspecified atom stereocenters. The van der Waals surface area contributed by atoms with Crippen molar-refractivity contribution >= 4 is 10.8 Å². The molecule has 0 saturated heterocycles. The zero-order valence-corrected chi connectivity index (χ0v) is 12.7. The summed E-state index contributed by atoms with van der Waals surface area (Å²) in [5, 5.41) is 10.7. The molecule has 0 aliphatic heterocycles. The van der Waals surface area contributed by atoms with Crippen molar-refractivity contribution in [3.63, 3.8) is 0 Å². The zero-order valence-electron chi connectivity index (χ0n) is 12.7. The van der Waals surface area contributed by atoms with Crippen molar-refractivity contribution in [2.45, 2.75) is 19.5 Å². The molecule has 4 heteroatoms. The van der Waals surface area contributed by atoms with E-state index >= 15 is 0 Å². The number of rotatable bonds is 4. The van der Waals surface area contributed by atoms with Crippen LogP contribution in [0.3, 0.4) is 0 Å². The lowest BCUT2D eigenvalue weighted by Crippen LogP contribution is -2.23. The van der Waals surface area contributed by atoms with Gasteiger partial charge in [0.25, 0.3) is 0 Å². The lowest BCUT2D eigenvalue weighted by atomic mass is 9.99. The van der Waals surface area contributed by atoms with Crippen molar-refractivity contribution in [2.24, 2.45) is 7.05 Å². The first-order valence-corrected chi connectivity index (χ1v) is 7.17. The maximum Gasteiger partial charge on any atom is 0.146 e. The molecule has 1 aromatic heterocycles. The molecule has 1 heterocycles. The summed E-state index contributed by atoms with van der Waals surface area (Å²) in [6.45, 7) is 3.01. The van der Waals surface area contributed by atoms with Crippen LogP contribution in [0.4, 0.5) is 0 Å². The fourth-order valence-corrected chi connectivity index (χ4v) is 2.66. The van der Waals surface area contributed by atoms with Gasteiger partial charge in [-0.3, -0.25) is 4.90 Å². The molecule has 108 valence electrons. The van der Waals surface area contributed by atoms with Crippen molar-refractivity contribution < 1.29 is 0 Å². The highest BCUT2D eigenvalue weighted by Crippen LogP contribution is 2.27. The highest BCUT2D eigenvalue weighted by atomic mass is 15.3. The maximum atomic E-state index is 4.17. The second-order valence-electron chi connectivity index (χ2n) is 5.52. The van der Waals surface area contributed by atoms with Gasteiger partial charge in [-0.15, -0.1) is 10.2 Å². The summed E-state index contributed by atoms with van der Waals surface area (Å²) in [4.78, 5) is 2.30. The van der Waals surface area contributed by atoms with Crippen LogP contribution >= 0.6 is 0 Å². The van der Waals surface area contributed by atoms with Crippen LogP contribution in [0.15, 0.2) is 48.8 Å². The number of fused-ring (bicyclic) bond motifs is 1. The molecule has 0 radical (unpaired) electrons. The summed E-state index contributed by atoms with van der Waals surface area (Å²) < 4.78 is 1.96. The molecule has 0 amide bonds. The topological polar surface area (TPSA) is 34.0 Å². The molecule has 0 saturated carbocycles. The van der Waals surface area contributed by atoms with Crippen LogP contribution in [0, 0.1) is 0 Å². The predicted octanol–water partition coefficient (Wildman–Crippen LogP) is 3.16. The van der Waals surface area contributed by atoms with Crippen molar-refractivity contribution in [3.8, 4) is 0 Å². The molecule has 4 nitrogen and oxygen atoms in total. The van der Waals surface area contributed by atoms with Gasteiger partial charge in [0, 0.05) is 13.1 Å². The number of benzene rings is 2. The fraction of sp³-hybridized carbons (Fsp3) is 0.294. The first-order valence-electron chi connectivity index (χ1n) is 7.17. The molecule has 1 atom stereocenters. The largest absolute Gasteiger partial charge is 0.320 e. The van der Waals surface area contributed by atoms with E-state index in [1.165, 1.54) is 16.3 Å². The van der Waals surface area contributed by atoms with E-state index in [0.717, 1.165) is 12.4 Å². The normalized spacial score (nSPS) is 13.0. The van der Waals surface area contributed by atoms with Gasteiger partial charge in [0.1, 0.15) is 12.2 Å². The zero-order chi connectivity index (χ0) is 14.8. The van der Waals surface area contributed by atoms with Gasteiger partial charge in [-0.05, 0) is 30.3 Å². The summed E-state index contributed by atoms with van der Waals surface area (Å²) in [5.41, 5.74) is 1.35. The van der Waals surface area contributed by atoms with Gasteiger partial charge >= 0.3 is 0 Å². The summed E-state index contributed by atoms with van der Waals surface area (Å²) >= 11 is 0. The van der Waals surface area contributed by atoms with E-state index in [1.807, 2.05) is 11.6 Å². The summed E-state index contributed by atoms with van der Waals surface area (Å²) in [6, 6.07) is 15.3. The SMILES string of the molecule is C[C@@H](c1cccc2ccccc12)N(C)Cc1nncn1C. The van der Waals surface area contributed by atoms with Crippen molar-refractivity contribution in [2.75, 3.05) is 7.05 Å². The molecule has 3 rings (SSSR count). The van der Waals surface area contributed by atoms with Crippen molar-refractivity contribution in [1.29, 1.82) is 0 Å². The molecule has 0 bridgehead atoms. The maximum absolute atomic E-state index is 4.17. The lowest BCUT2D eigenvalue weighted by molar-refractivity contribution is 0.245. The fourth-order valence-electron chi connectivity index (χ4n) is 2.66. The molecule has 21 heavy (non-hydrogen) atoms. The molecule has 0 N–H and O–H groups in total. The Morgan fingerprint density at radius 3 is 2.67 bits per heavy atom. The van der Waals surface area contributed by atoms with Crippen LogP contribution in [-0.4, -0.2) is 26.7 Å². The van der Waals surface area contributed by atoms with Gasteiger partial charge in [0.2, 0.25) is 0 Å². The lowest BCUT2D eigenvalue weighted by Gasteiger charge is -2.25. The average molecular weight is 280 g/mol. The number of aryl methyl sites for hydroxylation is 1. The molecular formula is C17H20N4. The first kappa shape index (κ1) is 13.8. The van der Waals surface area contributed by atoms with Crippen LogP contribution < -0.4 is 0 Å². The smallest absolute Gasteiger partial charge is 0.146 e. The van der Waals surface area contributed by atoms with Crippen LogP contribution in [0.2, 0.25) is 0 Å². The number of nitrogens with zero attached hydrogens (tertiary/aromatic N) is 4. The second-order valence-corrected chi connectivity index (χ2v) is 5.52. The van der Waals surface area contributed by atoms with Crippen molar-refractivity contribution in [3.05, 3.63) is 60.2 Å². The summed E-state index contributed by atoms with van der Waals surface area (Å²) in [6.07, 6.45) is 1.74. The van der Waals surface area contributed by atoms with E-state index in [9.17, 15) is 0 Å². The Morgan fingerprint density at radius 1 is 1.14 bits per heavy atom. The minimum atomic E-state index is 0.313. The molecule has 0 spiro atoms. The molecule has 2 aromatic carbocycles. The van der Waals surface area contributed by atoms with Crippen LogP contribution in [-0.2, 0) is 13.6 Å². The third-order valence-electron chi connectivity index (χ3n) is 4.13. The number of aromatic nitrogens is 3. The minimum absolute atomic E-state index is 0.313. The number of hydrogen-bond acceptors (Lipinski definition) is 3. The minimum Gasteiger partial charge on any atom is -0.320 e. The predicted molar refractivity (Wildman–Crippen MR) is 84.8 cm³/mol. The quantitative estimate of drug-likeness (QED) is 0.736. The van der Waals surface area contributed by atoms with Crippen LogP contribution in [0.25, 0.3) is 10.8 Å². The third kappa shape index (κ3) is 2.67. The third-order valence-corrected chi connectivity index (χ3v) is 4.13. The second kappa shape index (κ2) is 5.66. The Hall–Kier alpha value is -2.20. The van der Waals surface area contributed by atoms with E-state index in [4.69, 9.17) is 0 Å². The van der Waals surface area contributed by atoms with Gasteiger partial charge in [-0.25, -0.2) is 0 Å². The van der Waals surface area contributed by atoms with E-state index in [-0.39, 0.29) is 0 Å². The van der Waals surface area contributed by atoms with Crippen LogP contribution in [0.5, 0.6) is 0 Å². The molecule has 0 aliphatic carbocycles. The van der Waals surface area contributed by atoms with Crippen molar-refractivity contribution in [1.82, 2.24) is 19.7 Å². The summed E-state index contributed by atoms with van der Waals surface area (Å²) in [5.74, 6) is 0.976. The van der Waals surface area contributed by atoms with Gasteiger partial charge < -0.3 is 4.57 Å². The van der Waals surface area contributed by atoms with Gasteiger partial charge in [-0.1, -0.05) is 42.5 Å². The van der Waals surface area contributed by atoms with E-state index < -0.39 is 0 Å². The van der Waals surface area contributed by atoms with E-state index in [0.29, 0.717) is 6.04 Å². The molecule has 3 aromatic rings. The Labute approximate surface area is 125 Å². The van der Waals surface area contributed by atoms with Gasteiger partial charge in [0.05, 0.1) is 6.54 Å². The molecule has 0 aliphatic rings. The van der Waals surface area contributed by atoms with Gasteiger partial charge in [-0.2, -0.15) is 0 Å².